The van der Waals surface area contributed by atoms with E-state index in [2.05, 4.69) is 45.0 Å². The monoisotopic (exact) mass is 482 g/mol. The van der Waals surface area contributed by atoms with Crippen molar-refractivity contribution in [3.8, 4) is 0 Å². The maximum Gasteiger partial charge on any atom is 0.253 e. The number of rotatable bonds is 5. The summed E-state index contributed by atoms with van der Waals surface area (Å²) in [6.07, 6.45) is 5.33. The third kappa shape index (κ3) is 4.30. The van der Waals surface area contributed by atoms with Crippen molar-refractivity contribution in [2.45, 2.75) is 30.5 Å². The Morgan fingerprint density at radius 1 is 1.19 bits per heavy atom. The predicted octanol–water partition coefficient (Wildman–Crippen LogP) is 4.68. The number of nitrogens with zero attached hydrogens (tertiary/aromatic N) is 4. The van der Waals surface area contributed by atoms with E-state index in [4.69, 9.17) is 16.6 Å². The Morgan fingerprint density at radius 3 is 2.69 bits per heavy atom. The van der Waals surface area contributed by atoms with E-state index in [-0.39, 0.29) is 23.6 Å². The van der Waals surface area contributed by atoms with Gasteiger partial charge in [-0.1, -0.05) is 23.9 Å². The van der Waals surface area contributed by atoms with E-state index >= 15 is 0 Å². The van der Waals surface area contributed by atoms with Crippen LogP contribution in [0.1, 0.15) is 35.1 Å². The Kier molecular flexibility index (Phi) is 5.99. The summed E-state index contributed by atoms with van der Waals surface area (Å²) in [5, 5.41) is 11.1. The van der Waals surface area contributed by atoms with E-state index < -0.39 is 0 Å². The highest BCUT2D eigenvalue weighted by molar-refractivity contribution is 7.99. The van der Waals surface area contributed by atoms with Gasteiger partial charge in [0.15, 0.2) is 5.16 Å². The molecule has 4 N–H and O–H groups in total. The zero-order chi connectivity index (χ0) is 22.1. The van der Waals surface area contributed by atoms with Crippen LogP contribution in [0.5, 0.6) is 0 Å². The molecule has 32 heavy (non-hydrogen) atoms. The minimum atomic E-state index is -0.0737. The zero-order valence-corrected chi connectivity index (χ0v) is 19.6. The van der Waals surface area contributed by atoms with Crippen LogP contribution >= 0.6 is 34.4 Å². The molecule has 1 aliphatic carbocycles. The fourth-order valence-corrected chi connectivity index (χ4v) is 6.49. The maximum atomic E-state index is 13.3. The van der Waals surface area contributed by atoms with Crippen molar-refractivity contribution < 1.29 is 4.79 Å². The maximum absolute atomic E-state index is 13.3. The molecule has 2 aliphatic rings. The molecule has 0 saturated heterocycles. The summed E-state index contributed by atoms with van der Waals surface area (Å²) in [6, 6.07) is 9.73. The van der Waals surface area contributed by atoms with Gasteiger partial charge in [0.2, 0.25) is 0 Å². The van der Waals surface area contributed by atoms with Gasteiger partial charge in [0.1, 0.15) is 11.6 Å². The Balaban J connectivity index is 1.43. The van der Waals surface area contributed by atoms with Gasteiger partial charge in [-0.25, -0.2) is 15.0 Å². The highest BCUT2D eigenvalue weighted by Gasteiger charge is 2.44. The summed E-state index contributed by atoms with van der Waals surface area (Å²) in [7, 11) is 0. The van der Waals surface area contributed by atoms with E-state index in [1.54, 1.807) is 27.7 Å². The predicted molar refractivity (Wildman–Crippen MR) is 133 cm³/mol. The smallest absolute Gasteiger partial charge is 0.253 e. The van der Waals surface area contributed by atoms with Crippen molar-refractivity contribution in [3.05, 3.63) is 56.4 Å². The Morgan fingerprint density at radius 2 is 1.97 bits per heavy atom. The Labute approximate surface area is 198 Å². The third-order valence-corrected chi connectivity index (χ3v) is 8.12. The molecule has 1 aliphatic heterocycles. The van der Waals surface area contributed by atoms with Gasteiger partial charge in [0.25, 0.3) is 5.91 Å². The fourth-order valence-electron chi connectivity index (χ4n) is 4.21. The lowest BCUT2D eigenvalue weighted by atomic mass is 9.79. The van der Waals surface area contributed by atoms with Crippen molar-refractivity contribution in [1.82, 2.24) is 15.0 Å². The minimum absolute atomic E-state index is 0.0723. The largest absolute Gasteiger partial charge is 0.383 e. The third-order valence-electron chi connectivity index (χ3n) is 5.52. The molecule has 3 aromatic rings. The van der Waals surface area contributed by atoms with Crippen LogP contribution in [0, 0.1) is 5.92 Å². The van der Waals surface area contributed by atoms with Gasteiger partial charge >= 0.3 is 0 Å². The molecule has 7 nitrogen and oxygen atoms in total. The van der Waals surface area contributed by atoms with Gasteiger partial charge in [-0.3, -0.25) is 4.79 Å². The number of carbonyl (C=O) groups is 1. The van der Waals surface area contributed by atoms with Gasteiger partial charge < -0.3 is 11.5 Å². The molecule has 0 bridgehead atoms. The molecule has 0 spiro atoms. The number of thiophene rings is 2. The molecule has 0 aromatic carbocycles. The summed E-state index contributed by atoms with van der Waals surface area (Å²) in [5.41, 5.74) is 13.8. The van der Waals surface area contributed by atoms with Crippen molar-refractivity contribution in [2.75, 3.05) is 17.2 Å². The Bertz CT molecular complexity index is 1150. The number of nitrogens with two attached hydrogens (primary N) is 2. The van der Waals surface area contributed by atoms with Crippen LogP contribution in [0.15, 0.2) is 56.9 Å². The van der Waals surface area contributed by atoms with Crippen molar-refractivity contribution in [3.63, 3.8) is 0 Å². The van der Waals surface area contributed by atoms with Crippen LogP contribution in [0.2, 0.25) is 0 Å². The normalized spacial score (nSPS) is 21.6. The number of amides is 1. The highest BCUT2D eigenvalue weighted by Crippen LogP contribution is 2.45. The molecule has 1 amide bonds. The first-order valence-corrected chi connectivity index (χ1v) is 13.0. The summed E-state index contributed by atoms with van der Waals surface area (Å²) < 4.78 is 0. The summed E-state index contributed by atoms with van der Waals surface area (Å²) in [6.45, 7) is 0. The molecule has 164 valence electrons. The second-order valence-corrected chi connectivity index (χ2v) is 10.6. The second-order valence-electron chi connectivity index (χ2n) is 7.66. The zero-order valence-electron chi connectivity index (χ0n) is 17.2. The number of fused-ring (bicyclic) bond motifs is 1. The van der Waals surface area contributed by atoms with Crippen LogP contribution in [0.4, 0.5) is 11.6 Å². The Hall–Kier alpha value is -2.69. The summed E-state index contributed by atoms with van der Waals surface area (Å²) in [5.74, 6) is 0.884. The van der Waals surface area contributed by atoms with Gasteiger partial charge in [-0.05, 0) is 53.8 Å². The van der Waals surface area contributed by atoms with Crippen LogP contribution in [0.3, 0.4) is 0 Å². The van der Waals surface area contributed by atoms with Crippen molar-refractivity contribution in [1.29, 1.82) is 0 Å². The number of thioether (sulfide) groups is 1. The van der Waals surface area contributed by atoms with Crippen LogP contribution in [-0.4, -0.2) is 32.3 Å². The van der Waals surface area contributed by atoms with E-state index in [0.717, 1.165) is 29.9 Å². The van der Waals surface area contributed by atoms with E-state index in [9.17, 15) is 4.79 Å². The number of carbonyl (C=O) groups excluding carboxylic acids is 1. The first-order valence-electron chi connectivity index (χ1n) is 10.3. The first-order chi connectivity index (χ1) is 15.6. The lowest BCUT2D eigenvalue weighted by molar-refractivity contribution is -0.130. The molecule has 10 heteroatoms. The molecular weight excluding hydrogens is 460 g/mol. The average molecular weight is 483 g/mol. The number of hydrogen-bond donors (Lipinski definition) is 2. The molecular formula is C22H22N6OS3. The minimum Gasteiger partial charge on any atom is -0.383 e. The quantitative estimate of drug-likeness (QED) is 0.404. The number of hydrogen-bond acceptors (Lipinski definition) is 9. The summed E-state index contributed by atoms with van der Waals surface area (Å²) >= 11 is 4.62. The number of anilines is 2. The van der Waals surface area contributed by atoms with Crippen molar-refractivity contribution in [2.24, 2.45) is 11.0 Å². The molecule has 1 fully saturated rings. The highest BCUT2D eigenvalue weighted by atomic mass is 32.2. The first kappa shape index (κ1) is 21.2. The van der Waals surface area contributed by atoms with Crippen LogP contribution < -0.4 is 11.5 Å². The number of hydrazone groups is 1. The van der Waals surface area contributed by atoms with Gasteiger partial charge in [-0.2, -0.15) is 5.10 Å². The molecule has 2 atom stereocenters. The molecule has 5 rings (SSSR count). The molecule has 4 heterocycles. The number of allylic oxidation sites excluding steroid dienone is 1. The van der Waals surface area contributed by atoms with E-state index in [0.29, 0.717) is 16.8 Å². The van der Waals surface area contributed by atoms with Crippen LogP contribution in [0.25, 0.3) is 6.08 Å². The molecule has 0 unspecified atom stereocenters. The SMILES string of the molecule is Nc1cc(N)nc(SCC(=O)N2N=C3/C(=C/c4cccs4)CCC[C@@H]3[C@@H]2c2cccs2)n1. The van der Waals surface area contributed by atoms with E-state index in [1.807, 2.05) is 6.07 Å². The molecule has 3 aromatic heterocycles. The lowest BCUT2D eigenvalue weighted by Gasteiger charge is -2.28. The molecule has 0 radical (unpaired) electrons. The fraction of sp³-hybridized carbons (Fsp3) is 0.273. The van der Waals surface area contributed by atoms with Crippen molar-refractivity contribution >= 4 is 63.8 Å². The van der Waals surface area contributed by atoms with Gasteiger partial charge in [-0.15, -0.1) is 22.7 Å². The van der Waals surface area contributed by atoms with Crippen LogP contribution in [-0.2, 0) is 4.79 Å². The van der Waals surface area contributed by atoms with Gasteiger partial charge in [0, 0.05) is 21.7 Å². The van der Waals surface area contributed by atoms with E-state index in [1.165, 1.54) is 28.3 Å². The van der Waals surface area contributed by atoms with Gasteiger partial charge in [0.05, 0.1) is 17.5 Å². The topological polar surface area (TPSA) is 110 Å². The standard InChI is InChI=1S/C22H22N6OS3/c23-17-11-18(24)26-22(25-17)32-12-19(29)28-21(16-7-3-9-31-16)15-6-1-4-13(20(15)27-28)10-14-5-2-8-30-14/h2-3,5,7-11,15,21H,1,4,6,12H2,(H4,23,24,25,26)/b13-10+/t15-,21+/m0/s1. The average Bonchev–Trinajstić information content (AvgIpc) is 3.52. The molecule has 1 saturated carbocycles. The second kappa shape index (κ2) is 9.05. The number of aromatic nitrogens is 2. The summed E-state index contributed by atoms with van der Waals surface area (Å²) in [4.78, 5) is 24.0. The number of nitrogen functional groups attached to an aromatic ring is 2. The lowest BCUT2D eigenvalue weighted by Crippen LogP contribution is -2.32.